The van der Waals surface area contributed by atoms with Gasteiger partial charge in [0.25, 0.3) is 10.0 Å². The second-order valence-corrected chi connectivity index (χ2v) is 8.00. The van der Waals surface area contributed by atoms with E-state index in [2.05, 4.69) is 0 Å². The van der Waals surface area contributed by atoms with Gasteiger partial charge >= 0.3 is 6.03 Å². The summed E-state index contributed by atoms with van der Waals surface area (Å²) in [7, 11) is -2.44. The lowest BCUT2D eigenvalue weighted by Gasteiger charge is -2.34. The van der Waals surface area contributed by atoms with Crippen LogP contribution in [0.4, 0.5) is 16.2 Å². The highest BCUT2D eigenvalue weighted by molar-refractivity contribution is 7.94. The molecule has 0 unspecified atom stereocenters. The molecule has 0 N–H and O–H groups in total. The smallest absolute Gasteiger partial charge is 0.342 e. The molecule has 0 atom stereocenters. The van der Waals surface area contributed by atoms with Gasteiger partial charge in [-0.2, -0.15) is 4.31 Å². The Labute approximate surface area is 147 Å². The predicted molar refractivity (Wildman–Crippen MR) is 96.8 cm³/mol. The van der Waals surface area contributed by atoms with Crippen LogP contribution in [-0.4, -0.2) is 27.6 Å². The average Bonchev–Trinajstić information content (AvgIpc) is 2.54. The first kappa shape index (κ1) is 17.3. The minimum absolute atomic E-state index is 0.0525. The maximum atomic E-state index is 13.0. The van der Waals surface area contributed by atoms with Crippen molar-refractivity contribution in [2.45, 2.75) is 31.8 Å². The van der Waals surface area contributed by atoms with Crippen molar-refractivity contribution in [2.75, 3.05) is 16.3 Å². The maximum Gasteiger partial charge on any atom is 0.342 e. The minimum Gasteiger partial charge on any atom is -0.491 e. The Kier molecular flexibility index (Phi) is 4.20. The van der Waals surface area contributed by atoms with Crippen molar-refractivity contribution in [2.24, 2.45) is 0 Å². The molecular formula is C18H20N2O4S. The molecule has 25 heavy (non-hydrogen) atoms. The number of hydrogen-bond acceptors (Lipinski definition) is 4. The first-order chi connectivity index (χ1) is 11.7. The van der Waals surface area contributed by atoms with Gasteiger partial charge in [0, 0.05) is 13.1 Å². The normalized spacial score (nSPS) is 16.1. The van der Waals surface area contributed by atoms with Crippen molar-refractivity contribution in [3.8, 4) is 5.75 Å². The number of amides is 2. The molecule has 6 nitrogen and oxygen atoms in total. The molecule has 7 heteroatoms. The molecule has 1 aliphatic rings. The molecule has 1 aliphatic heterocycles. The number of fused-ring (bicyclic) bond motifs is 1. The van der Waals surface area contributed by atoms with Crippen LogP contribution in [0.1, 0.15) is 19.4 Å². The topological polar surface area (TPSA) is 66.9 Å². The highest BCUT2D eigenvalue weighted by Crippen LogP contribution is 2.38. The van der Waals surface area contributed by atoms with E-state index in [-0.39, 0.29) is 11.0 Å². The van der Waals surface area contributed by atoms with Crippen molar-refractivity contribution in [1.29, 1.82) is 0 Å². The SMILES string of the molecule is Cc1ccc(N2C(=O)N(C)c3cc(OC(C)C)ccc3S2(=O)=O)cc1. The number of urea groups is 1. The van der Waals surface area contributed by atoms with Crippen molar-refractivity contribution in [1.82, 2.24) is 0 Å². The Bertz CT molecular complexity index is 921. The van der Waals surface area contributed by atoms with Gasteiger partial charge in [-0.25, -0.2) is 13.2 Å². The number of carbonyl (C=O) groups excluding carboxylic acids is 1. The lowest BCUT2D eigenvalue weighted by atomic mass is 10.2. The predicted octanol–water partition coefficient (Wildman–Crippen LogP) is 3.55. The fraction of sp³-hybridized carbons (Fsp3) is 0.278. The van der Waals surface area contributed by atoms with E-state index < -0.39 is 16.1 Å². The average molecular weight is 360 g/mol. The second kappa shape index (κ2) is 6.07. The number of nitrogens with zero attached hydrogens (tertiary/aromatic N) is 2. The largest absolute Gasteiger partial charge is 0.491 e. The molecule has 3 rings (SSSR count). The highest BCUT2D eigenvalue weighted by Gasteiger charge is 2.41. The van der Waals surface area contributed by atoms with Crippen LogP contribution in [-0.2, 0) is 10.0 Å². The summed E-state index contributed by atoms with van der Waals surface area (Å²) in [5.41, 5.74) is 1.61. The van der Waals surface area contributed by atoms with Crippen molar-refractivity contribution in [3.63, 3.8) is 0 Å². The standard InChI is InChI=1S/C18H20N2O4S/c1-12(2)24-15-9-10-17-16(11-15)19(4)18(21)20(25(17,22)23)14-7-5-13(3)6-8-14/h5-12H,1-4H3. The molecular weight excluding hydrogens is 340 g/mol. The quantitative estimate of drug-likeness (QED) is 0.839. The zero-order chi connectivity index (χ0) is 18.4. The number of rotatable bonds is 3. The number of hydrogen-bond donors (Lipinski definition) is 0. The summed E-state index contributed by atoms with van der Waals surface area (Å²) in [6, 6.07) is 10.8. The van der Waals surface area contributed by atoms with E-state index in [4.69, 9.17) is 4.74 Å². The van der Waals surface area contributed by atoms with Crippen LogP contribution in [0.2, 0.25) is 0 Å². The Morgan fingerprint density at radius 1 is 1.04 bits per heavy atom. The lowest BCUT2D eigenvalue weighted by molar-refractivity contribution is 0.242. The molecule has 0 saturated carbocycles. The number of sulfonamides is 1. The summed E-state index contributed by atoms with van der Waals surface area (Å²) in [6.07, 6.45) is -0.0525. The van der Waals surface area contributed by atoms with Gasteiger partial charge in [-0.15, -0.1) is 0 Å². The third kappa shape index (κ3) is 2.95. The number of benzene rings is 2. The molecule has 2 amide bonds. The first-order valence-electron chi connectivity index (χ1n) is 7.92. The Hall–Kier alpha value is -2.54. The molecule has 0 aliphatic carbocycles. The van der Waals surface area contributed by atoms with E-state index in [9.17, 15) is 13.2 Å². The Balaban J connectivity index is 2.13. The molecule has 0 bridgehead atoms. The fourth-order valence-electron chi connectivity index (χ4n) is 2.69. The van der Waals surface area contributed by atoms with Crippen molar-refractivity contribution in [3.05, 3.63) is 48.0 Å². The second-order valence-electron chi connectivity index (χ2n) is 6.24. The molecule has 0 radical (unpaired) electrons. The lowest BCUT2D eigenvalue weighted by Crippen LogP contribution is -2.49. The van der Waals surface area contributed by atoms with Gasteiger partial charge < -0.3 is 4.74 Å². The summed E-state index contributed by atoms with van der Waals surface area (Å²) in [6.45, 7) is 5.66. The van der Waals surface area contributed by atoms with E-state index >= 15 is 0 Å². The van der Waals surface area contributed by atoms with Crippen LogP contribution in [0.3, 0.4) is 0 Å². The first-order valence-corrected chi connectivity index (χ1v) is 9.36. The molecule has 0 spiro atoms. The molecule has 2 aromatic rings. The van der Waals surface area contributed by atoms with Gasteiger partial charge in [-0.05, 0) is 45.0 Å². The van der Waals surface area contributed by atoms with Gasteiger partial charge in [0.15, 0.2) is 0 Å². The fourth-order valence-corrected chi connectivity index (χ4v) is 4.32. The van der Waals surface area contributed by atoms with Crippen LogP contribution >= 0.6 is 0 Å². The molecule has 0 aromatic heterocycles. The zero-order valence-corrected chi connectivity index (χ0v) is 15.4. The van der Waals surface area contributed by atoms with Crippen LogP contribution < -0.4 is 13.9 Å². The zero-order valence-electron chi connectivity index (χ0n) is 14.6. The Morgan fingerprint density at radius 2 is 1.68 bits per heavy atom. The summed E-state index contributed by atoms with van der Waals surface area (Å²) >= 11 is 0. The van der Waals surface area contributed by atoms with Crippen molar-refractivity contribution >= 4 is 27.4 Å². The summed E-state index contributed by atoms with van der Waals surface area (Å²) < 4.78 is 32.5. The van der Waals surface area contributed by atoms with Gasteiger partial charge in [-0.1, -0.05) is 17.7 Å². The number of anilines is 2. The van der Waals surface area contributed by atoms with E-state index in [0.29, 0.717) is 17.1 Å². The van der Waals surface area contributed by atoms with E-state index in [0.717, 1.165) is 9.87 Å². The highest BCUT2D eigenvalue weighted by atomic mass is 32.2. The van der Waals surface area contributed by atoms with E-state index in [1.807, 2.05) is 20.8 Å². The minimum atomic E-state index is -3.99. The van der Waals surface area contributed by atoms with Crippen LogP contribution in [0.5, 0.6) is 5.75 Å². The van der Waals surface area contributed by atoms with Crippen LogP contribution in [0.25, 0.3) is 0 Å². The molecule has 1 heterocycles. The summed E-state index contributed by atoms with van der Waals surface area (Å²) in [5.74, 6) is 0.521. The van der Waals surface area contributed by atoms with Gasteiger partial charge in [-0.3, -0.25) is 4.90 Å². The maximum absolute atomic E-state index is 13.0. The van der Waals surface area contributed by atoms with E-state index in [1.54, 1.807) is 43.4 Å². The number of aryl methyl sites for hydroxylation is 1. The van der Waals surface area contributed by atoms with E-state index in [1.165, 1.54) is 11.0 Å². The van der Waals surface area contributed by atoms with Gasteiger partial charge in [0.2, 0.25) is 0 Å². The van der Waals surface area contributed by atoms with Crippen molar-refractivity contribution < 1.29 is 17.9 Å². The molecule has 2 aromatic carbocycles. The third-order valence-electron chi connectivity index (χ3n) is 3.91. The molecule has 0 saturated heterocycles. The summed E-state index contributed by atoms with van der Waals surface area (Å²) in [4.78, 5) is 14.2. The van der Waals surface area contributed by atoms with Gasteiger partial charge in [0.1, 0.15) is 10.6 Å². The Morgan fingerprint density at radius 3 is 2.28 bits per heavy atom. The van der Waals surface area contributed by atoms with Crippen LogP contribution in [0.15, 0.2) is 47.4 Å². The van der Waals surface area contributed by atoms with Crippen LogP contribution in [0, 0.1) is 6.92 Å². The monoisotopic (exact) mass is 360 g/mol. The number of ether oxygens (including phenoxy) is 1. The molecule has 132 valence electrons. The number of carbonyl (C=O) groups is 1. The summed E-state index contributed by atoms with van der Waals surface area (Å²) in [5, 5.41) is 0. The van der Waals surface area contributed by atoms with Gasteiger partial charge in [0.05, 0.1) is 17.5 Å². The third-order valence-corrected chi connectivity index (χ3v) is 5.66. The molecule has 0 fully saturated rings.